The van der Waals surface area contributed by atoms with E-state index in [-0.39, 0.29) is 5.91 Å². The Balaban J connectivity index is 1.52. The average Bonchev–Trinajstić information content (AvgIpc) is 3.02. The summed E-state index contributed by atoms with van der Waals surface area (Å²) in [4.78, 5) is 17.1. The standard InChI is InChI=1S/C19H25BrN4O/c1-14(2)17-16(20)18(22-21-17)19(25)24-12-10-23(11-13-24)9-8-15-6-4-3-5-7-15/h3-7,14H,8-13H2,1-2H3,(H,21,22). The Hall–Kier alpha value is -1.66. The summed E-state index contributed by atoms with van der Waals surface area (Å²) in [6.45, 7) is 8.54. The molecular weight excluding hydrogens is 380 g/mol. The second-order valence-electron chi connectivity index (χ2n) is 6.82. The third-order valence-electron chi connectivity index (χ3n) is 4.73. The molecule has 25 heavy (non-hydrogen) atoms. The fourth-order valence-electron chi connectivity index (χ4n) is 3.12. The molecule has 0 radical (unpaired) electrons. The largest absolute Gasteiger partial charge is 0.335 e. The highest BCUT2D eigenvalue weighted by Crippen LogP contribution is 2.26. The van der Waals surface area contributed by atoms with Crippen LogP contribution in [0.4, 0.5) is 0 Å². The molecule has 1 amide bonds. The van der Waals surface area contributed by atoms with E-state index in [4.69, 9.17) is 0 Å². The summed E-state index contributed by atoms with van der Waals surface area (Å²) in [5.74, 6) is 0.316. The van der Waals surface area contributed by atoms with Gasteiger partial charge in [0.1, 0.15) is 0 Å². The molecule has 2 heterocycles. The molecule has 1 aromatic carbocycles. The topological polar surface area (TPSA) is 52.2 Å². The number of hydrogen-bond donors (Lipinski definition) is 1. The molecular formula is C19H25BrN4O. The number of benzene rings is 1. The number of aromatic nitrogens is 2. The molecule has 0 saturated carbocycles. The van der Waals surface area contributed by atoms with Crippen molar-refractivity contribution in [3.63, 3.8) is 0 Å². The second kappa shape index (κ2) is 8.15. The van der Waals surface area contributed by atoms with Gasteiger partial charge in [0, 0.05) is 32.7 Å². The van der Waals surface area contributed by atoms with Gasteiger partial charge in [0.2, 0.25) is 0 Å². The molecule has 0 bridgehead atoms. The highest BCUT2D eigenvalue weighted by atomic mass is 79.9. The molecule has 1 fully saturated rings. The van der Waals surface area contributed by atoms with Gasteiger partial charge in [-0.05, 0) is 33.8 Å². The maximum absolute atomic E-state index is 12.7. The van der Waals surface area contributed by atoms with Crippen LogP contribution in [0.2, 0.25) is 0 Å². The van der Waals surface area contributed by atoms with Crippen LogP contribution in [0.25, 0.3) is 0 Å². The molecule has 1 saturated heterocycles. The van der Waals surface area contributed by atoms with Gasteiger partial charge < -0.3 is 4.90 Å². The minimum absolute atomic E-state index is 0.0118. The van der Waals surface area contributed by atoms with Crippen LogP contribution >= 0.6 is 15.9 Å². The van der Waals surface area contributed by atoms with Crippen molar-refractivity contribution in [1.29, 1.82) is 0 Å². The van der Waals surface area contributed by atoms with E-state index >= 15 is 0 Å². The fraction of sp³-hybridized carbons (Fsp3) is 0.474. The van der Waals surface area contributed by atoms with Crippen molar-refractivity contribution >= 4 is 21.8 Å². The number of H-pyrrole nitrogens is 1. The first-order chi connectivity index (χ1) is 12.1. The molecule has 1 aliphatic rings. The molecule has 1 aliphatic heterocycles. The van der Waals surface area contributed by atoms with Gasteiger partial charge in [0.25, 0.3) is 5.91 Å². The zero-order valence-electron chi connectivity index (χ0n) is 14.8. The third kappa shape index (κ3) is 4.30. The van der Waals surface area contributed by atoms with Crippen LogP contribution in [-0.4, -0.2) is 58.6 Å². The average molecular weight is 405 g/mol. The summed E-state index contributed by atoms with van der Waals surface area (Å²) >= 11 is 3.53. The van der Waals surface area contributed by atoms with Crippen molar-refractivity contribution in [1.82, 2.24) is 20.0 Å². The Bertz CT molecular complexity index is 705. The predicted molar refractivity (Wildman–Crippen MR) is 103 cm³/mol. The maximum Gasteiger partial charge on any atom is 0.275 e. The Morgan fingerprint density at radius 3 is 2.48 bits per heavy atom. The molecule has 0 unspecified atom stereocenters. The van der Waals surface area contributed by atoms with E-state index in [1.165, 1.54) is 5.56 Å². The number of rotatable bonds is 5. The van der Waals surface area contributed by atoms with Crippen molar-refractivity contribution < 1.29 is 4.79 Å². The summed E-state index contributed by atoms with van der Waals surface area (Å²) in [5.41, 5.74) is 2.84. The molecule has 5 nitrogen and oxygen atoms in total. The first-order valence-electron chi connectivity index (χ1n) is 8.85. The minimum atomic E-state index is 0.0118. The molecule has 0 spiro atoms. The van der Waals surface area contributed by atoms with E-state index in [0.717, 1.165) is 49.3 Å². The zero-order valence-corrected chi connectivity index (χ0v) is 16.4. The molecule has 134 valence electrons. The van der Waals surface area contributed by atoms with Gasteiger partial charge in [0.05, 0.1) is 10.2 Å². The number of hydrogen-bond acceptors (Lipinski definition) is 3. The summed E-state index contributed by atoms with van der Waals surface area (Å²) in [7, 11) is 0. The maximum atomic E-state index is 12.7. The van der Waals surface area contributed by atoms with E-state index in [1.54, 1.807) is 0 Å². The monoisotopic (exact) mass is 404 g/mol. The van der Waals surface area contributed by atoms with Crippen molar-refractivity contribution in [2.75, 3.05) is 32.7 Å². The summed E-state index contributed by atoms with van der Waals surface area (Å²) < 4.78 is 0.805. The van der Waals surface area contributed by atoms with Gasteiger partial charge in [-0.2, -0.15) is 5.10 Å². The number of nitrogens with one attached hydrogen (secondary N) is 1. The van der Waals surface area contributed by atoms with Crippen LogP contribution in [0.5, 0.6) is 0 Å². The number of halogens is 1. The number of carbonyl (C=O) groups is 1. The molecule has 1 N–H and O–H groups in total. The summed E-state index contributed by atoms with van der Waals surface area (Å²) in [6, 6.07) is 10.5. The highest BCUT2D eigenvalue weighted by molar-refractivity contribution is 9.10. The Labute approximate surface area is 157 Å². The normalized spacial score (nSPS) is 15.8. The van der Waals surface area contributed by atoms with Gasteiger partial charge in [-0.1, -0.05) is 44.2 Å². The van der Waals surface area contributed by atoms with Crippen molar-refractivity contribution in [2.45, 2.75) is 26.2 Å². The number of aromatic amines is 1. The van der Waals surface area contributed by atoms with Gasteiger partial charge in [-0.3, -0.25) is 14.8 Å². The third-order valence-corrected chi connectivity index (χ3v) is 5.53. The summed E-state index contributed by atoms with van der Waals surface area (Å²) in [6.07, 6.45) is 1.05. The molecule has 0 atom stereocenters. The smallest absolute Gasteiger partial charge is 0.275 e. The SMILES string of the molecule is CC(C)c1[nH]nc(C(=O)N2CCN(CCc3ccccc3)CC2)c1Br. The van der Waals surface area contributed by atoms with Crippen molar-refractivity contribution in [3.8, 4) is 0 Å². The minimum Gasteiger partial charge on any atom is -0.335 e. The second-order valence-corrected chi connectivity index (χ2v) is 7.62. The van der Waals surface area contributed by atoms with E-state index in [2.05, 4.69) is 69.1 Å². The van der Waals surface area contributed by atoms with Crippen LogP contribution in [0.1, 0.15) is 41.5 Å². The van der Waals surface area contributed by atoms with Crippen molar-refractivity contribution in [3.05, 3.63) is 51.8 Å². The van der Waals surface area contributed by atoms with Crippen molar-refractivity contribution in [2.24, 2.45) is 0 Å². The number of piperazine rings is 1. The quantitative estimate of drug-likeness (QED) is 0.831. The van der Waals surface area contributed by atoms with Gasteiger partial charge in [-0.15, -0.1) is 0 Å². The van der Waals surface area contributed by atoms with Crippen LogP contribution in [0, 0.1) is 0 Å². The first kappa shape index (κ1) is 18.1. The van der Waals surface area contributed by atoms with Gasteiger partial charge in [0.15, 0.2) is 5.69 Å². The fourth-order valence-corrected chi connectivity index (χ4v) is 3.93. The van der Waals surface area contributed by atoms with Crippen LogP contribution in [0.3, 0.4) is 0 Å². The first-order valence-corrected chi connectivity index (χ1v) is 9.65. The molecule has 1 aromatic heterocycles. The molecule has 3 rings (SSSR count). The Kier molecular flexibility index (Phi) is 5.91. The Morgan fingerprint density at radius 1 is 1.20 bits per heavy atom. The number of amides is 1. The van der Waals surface area contributed by atoms with Crippen LogP contribution in [0.15, 0.2) is 34.8 Å². The number of carbonyl (C=O) groups excluding carboxylic acids is 1. The predicted octanol–water partition coefficient (Wildman–Crippen LogP) is 3.30. The summed E-state index contributed by atoms with van der Waals surface area (Å²) in [5, 5.41) is 7.22. The molecule has 0 aliphatic carbocycles. The van der Waals surface area contributed by atoms with E-state index in [0.29, 0.717) is 11.6 Å². The van der Waals surface area contributed by atoms with Crippen LogP contribution < -0.4 is 0 Å². The molecule has 6 heteroatoms. The highest BCUT2D eigenvalue weighted by Gasteiger charge is 2.26. The van der Waals surface area contributed by atoms with Gasteiger partial charge in [-0.25, -0.2) is 0 Å². The van der Waals surface area contributed by atoms with E-state index in [9.17, 15) is 4.79 Å². The van der Waals surface area contributed by atoms with E-state index in [1.807, 2.05) is 11.0 Å². The van der Waals surface area contributed by atoms with Gasteiger partial charge >= 0.3 is 0 Å². The Morgan fingerprint density at radius 2 is 1.88 bits per heavy atom. The molecule has 2 aromatic rings. The lowest BCUT2D eigenvalue weighted by Crippen LogP contribution is -2.49. The zero-order chi connectivity index (χ0) is 17.8. The lowest BCUT2D eigenvalue weighted by atomic mass is 10.1. The van der Waals surface area contributed by atoms with E-state index < -0.39 is 0 Å². The number of nitrogens with zero attached hydrogens (tertiary/aromatic N) is 3. The van der Waals surface area contributed by atoms with Crippen LogP contribution in [-0.2, 0) is 6.42 Å². The lowest BCUT2D eigenvalue weighted by molar-refractivity contribution is 0.0632. The lowest BCUT2D eigenvalue weighted by Gasteiger charge is -2.34.